The zero-order chi connectivity index (χ0) is 13.2. The van der Waals surface area contributed by atoms with Gasteiger partial charge in [-0.15, -0.1) is 11.3 Å². The first kappa shape index (κ1) is 12.7. The SMILES string of the molecule is CS(=O)(=O)c1ccc(-c2csc(NC=O)n2)cc1. The third kappa shape index (κ3) is 2.74. The highest BCUT2D eigenvalue weighted by Gasteiger charge is 2.08. The Morgan fingerprint density at radius 3 is 2.50 bits per heavy atom. The van der Waals surface area contributed by atoms with E-state index in [2.05, 4.69) is 10.3 Å². The zero-order valence-corrected chi connectivity index (χ0v) is 11.1. The molecule has 0 fully saturated rings. The Morgan fingerprint density at radius 2 is 1.94 bits per heavy atom. The summed E-state index contributed by atoms with van der Waals surface area (Å²) in [4.78, 5) is 14.7. The molecule has 0 aliphatic carbocycles. The minimum Gasteiger partial charge on any atom is -0.305 e. The predicted molar refractivity (Wildman–Crippen MR) is 70.3 cm³/mol. The fraction of sp³-hybridized carbons (Fsp3) is 0.0909. The number of rotatable bonds is 4. The Balaban J connectivity index is 2.31. The van der Waals surface area contributed by atoms with Crippen molar-refractivity contribution in [3.05, 3.63) is 29.6 Å². The van der Waals surface area contributed by atoms with Crippen LogP contribution < -0.4 is 5.32 Å². The number of hydrogen-bond donors (Lipinski definition) is 1. The summed E-state index contributed by atoms with van der Waals surface area (Å²) in [5.74, 6) is 0. The third-order valence-corrected chi connectivity index (χ3v) is 4.17. The maximum Gasteiger partial charge on any atom is 0.213 e. The molecule has 5 nitrogen and oxygen atoms in total. The van der Waals surface area contributed by atoms with Crippen LogP contribution in [0.1, 0.15) is 0 Å². The number of aromatic nitrogens is 1. The quantitative estimate of drug-likeness (QED) is 0.867. The van der Waals surface area contributed by atoms with Crippen molar-refractivity contribution in [2.24, 2.45) is 0 Å². The van der Waals surface area contributed by atoms with Gasteiger partial charge in [0.05, 0.1) is 10.6 Å². The first-order chi connectivity index (χ1) is 8.50. The van der Waals surface area contributed by atoms with Crippen molar-refractivity contribution in [1.29, 1.82) is 0 Å². The maximum absolute atomic E-state index is 11.3. The van der Waals surface area contributed by atoms with Crippen molar-refractivity contribution in [1.82, 2.24) is 4.98 Å². The van der Waals surface area contributed by atoms with Crippen LogP contribution in [-0.4, -0.2) is 26.1 Å². The molecule has 0 spiro atoms. The van der Waals surface area contributed by atoms with Gasteiger partial charge in [-0.3, -0.25) is 4.79 Å². The molecule has 0 atom stereocenters. The van der Waals surface area contributed by atoms with E-state index in [1.165, 1.54) is 23.5 Å². The first-order valence-electron chi connectivity index (χ1n) is 4.97. The number of carbonyl (C=O) groups excluding carboxylic acids is 1. The second-order valence-electron chi connectivity index (χ2n) is 3.60. The average molecular weight is 282 g/mol. The Kier molecular flexibility index (Phi) is 3.44. The van der Waals surface area contributed by atoms with Crippen molar-refractivity contribution in [2.75, 3.05) is 11.6 Å². The van der Waals surface area contributed by atoms with E-state index >= 15 is 0 Å². The maximum atomic E-state index is 11.3. The lowest BCUT2D eigenvalue weighted by molar-refractivity contribution is -0.105. The van der Waals surface area contributed by atoms with Crippen molar-refractivity contribution in [2.45, 2.75) is 4.90 Å². The minimum atomic E-state index is -3.18. The standard InChI is InChI=1S/C11H10N2O3S2/c1-18(15,16)9-4-2-8(3-5-9)10-6-17-11(13-10)12-7-14/h2-7H,1H3,(H,12,13,14). The summed E-state index contributed by atoms with van der Waals surface area (Å²) < 4.78 is 22.6. The molecule has 0 aliphatic heterocycles. The molecule has 1 aromatic carbocycles. The Labute approximate surface area is 108 Å². The van der Waals surface area contributed by atoms with Crippen molar-refractivity contribution >= 4 is 32.7 Å². The summed E-state index contributed by atoms with van der Waals surface area (Å²) in [5, 5.41) is 4.76. The lowest BCUT2D eigenvalue weighted by atomic mass is 10.2. The summed E-state index contributed by atoms with van der Waals surface area (Å²) in [5.41, 5.74) is 1.50. The molecule has 0 bridgehead atoms. The molecule has 7 heteroatoms. The topological polar surface area (TPSA) is 76.1 Å². The van der Waals surface area contributed by atoms with Crippen LogP contribution in [0.15, 0.2) is 34.5 Å². The molecule has 2 aromatic rings. The molecule has 1 amide bonds. The van der Waals surface area contributed by atoms with Crippen molar-refractivity contribution in [3.8, 4) is 11.3 Å². The fourth-order valence-corrected chi connectivity index (χ4v) is 2.71. The van der Waals surface area contributed by atoms with Gasteiger partial charge >= 0.3 is 0 Å². The summed E-state index contributed by atoms with van der Waals surface area (Å²) in [6, 6.07) is 6.46. The molecular weight excluding hydrogens is 272 g/mol. The number of nitrogens with one attached hydrogen (secondary N) is 1. The van der Waals surface area contributed by atoms with Crippen LogP contribution in [0.4, 0.5) is 5.13 Å². The lowest BCUT2D eigenvalue weighted by Crippen LogP contribution is -1.96. The smallest absolute Gasteiger partial charge is 0.213 e. The molecule has 0 unspecified atom stereocenters. The monoisotopic (exact) mass is 282 g/mol. The molecule has 0 radical (unpaired) electrons. The summed E-state index contributed by atoms with van der Waals surface area (Å²) in [7, 11) is -3.18. The second-order valence-corrected chi connectivity index (χ2v) is 6.47. The van der Waals surface area contributed by atoms with E-state index in [4.69, 9.17) is 0 Å². The van der Waals surface area contributed by atoms with E-state index in [0.717, 1.165) is 11.8 Å². The molecule has 1 heterocycles. The number of hydrogen-bond acceptors (Lipinski definition) is 5. The van der Waals surface area contributed by atoms with Gasteiger partial charge in [0.1, 0.15) is 0 Å². The summed E-state index contributed by atoms with van der Waals surface area (Å²) in [6.45, 7) is 0. The molecular formula is C11H10N2O3S2. The molecule has 2 rings (SSSR count). The van der Waals surface area contributed by atoms with Crippen LogP contribution >= 0.6 is 11.3 Å². The number of benzene rings is 1. The Morgan fingerprint density at radius 1 is 1.28 bits per heavy atom. The number of sulfone groups is 1. The molecule has 94 valence electrons. The lowest BCUT2D eigenvalue weighted by Gasteiger charge is -2.00. The molecule has 0 saturated heterocycles. The van der Waals surface area contributed by atoms with Gasteiger partial charge in [0.2, 0.25) is 6.41 Å². The van der Waals surface area contributed by atoms with E-state index in [-0.39, 0.29) is 4.90 Å². The van der Waals surface area contributed by atoms with Crippen LogP contribution in [0.2, 0.25) is 0 Å². The number of anilines is 1. The van der Waals surface area contributed by atoms with Gasteiger partial charge in [-0.05, 0) is 12.1 Å². The van der Waals surface area contributed by atoms with E-state index in [0.29, 0.717) is 17.2 Å². The van der Waals surface area contributed by atoms with E-state index in [1.54, 1.807) is 17.5 Å². The zero-order valence-electron chi connectivity index (χ0n) is 9.45. The fourth-order valence-electron chi connectivity index (χ4n) is 1.40. The normalized spacial score (nSPS) is 11.2. The highest BCUT2D eigenvalue weighted by molar-refractivity contribution is 7.90. The van der Waals surface area contributed by atoms with E-state index in [1.807, 2.05) is 0 Å². The molecule has 0 aliphatic rings. The van der Waals surface area contributed by atoms with Gasteiger partial charge < -0.3 is 5.32 Å². The molecule has 0 saturated carbocycles. The van der Waals surface area contributed by atoms with Gasteiger partial charge in [0.15, 0.2) is 15.0 Å². The third-order valence-electron chi connectivity index (χ3n) is 2.26. The number of thiazole rings is 1. The number of nitrogens with zero attached hydrogens (tertiary/aromatic N) is 1. The Bertz CT molecular complexity index is 660. The second kappa shape index (κ2) is 4.87. The van der Waals surface area contributed by atoms with Crippen molar-refractivity contribution < 1.29 is 13.2 Å². The Hall–Kier alpha value is -1.73. The largest absolute Gasteiger partial charge is 0.305 e. The molecule has 1 aromatic heterocycles. The molecule has 18 heavy (non-hydrogen) atoms. The van der Waals surface area contributed by atoms with Crippen LogP contribution in [-0.2, 0) is 14.6 Å². The van der Waals surface area contributed by atoms with Gasteiger partial charge in [-0.2, -0.15) is 0 Å². The molecule has 1 N–H and O–H groups in total. The van der Waals surface area contributed by atoms with Crippen molar-refractivity contribution in [3.63, 3.8) is 0 Å². The van der Waals surface area contributed by atoms with Gasteiger partial charge in [0, 0.05) is 17.2 Å². The predicted octanol–water partition coefficient (Wildman–Crippen LogP) is 1.78. The van der Waals surface area contributed by atoms with Gasteiger partial charge in [0.25, 0.3) is 0 Å². The van der Waals surface area contributed by atoms with Gasteiger partial charge in [-0.25, -0.2) is 13.4 Å². The van der Waals surface area contributed by atoms with Crippen LogP contribution in [0.25, 0.3) is 11.3 Å². The first-order valence-corrected chi connectivity index (χ1v) is 7.74. The van der Waals surface area contributed by atoms with E-state index in [9.17, 15) is 13.2 Å². The number of carbonyl (C=O) groups is 1. The van der Waals surface area contributed by atoms with Crippen LogP contribution in [0.3, 0.4) is 0 Å². The minimum absolute atomic E-state index is 0.271. The highest BCUT2D eigenvalue weighted by atomic mass is 32.2. The van der Waals surface area contributed by atoms with E-state index < -0.39 is 9.84 Å². The summed E-state index contributed by atoms with van der Waals surface area (Å²) >= 11 is 1.31. The average Bonchev–Trinajstić information content (AvgIpc) is 2.77. The van der Waals surface area contributed by atoms with Crippen LogP contribution in [0, 0.1) is 0 Å². The van der Waals surface area contributed by atoms with Crippen LogP contribution in [0.5, 0.6) is 0 Å². The highest BCUT2D eigenvalue weighted by Crippen LogP contribution is 2.25. The number of amides is 1. The summed E-state index contributed by atoms with van der Waals surface area (Å²) in [6.07, 6.45) is 1.73. The van der Waals surface area contributed by atoms with Gasteiger partial charge in [-0.1, -0.05) is 12.1 Å².